The Kier molecular flexibility index (Phi) is 5.16. The van der Waals surface area contributed by atoms with Gasteiger partial charge in [-0.2, -0.15) is 0 Å². The molecule has 2 aromatic carbocycles. The maximum atomic E-state index is 13.2. The number of ketones is 1. The van der Waals surface area contributed by atoms with Crippen LogP contribution in [-0.2, 0) is 0 Å². The summed E-state index contributed by atoms with van der Waals surface area (Å²) < 4.78 is 26.2. The number of nitrogens with one attached hydrogen (secondary N) is 1. The SMILES string of the molecule is CC(=O)c1ccc(N2CCN(C(=O)Nc3ccc(F)c(F)c3)CC2)cc1. The van der Waals surface area contributed by atoms with Crippen LogP contribution in [0.25, 0.3) is 0 Å². The van der Waals surface area contributed by atoms with Crippen molar-refractivity contribution in [2.75, 3.05) is 36.4 Å². The molecular formula is C19H19F2N3O2. The number of hydrogen-bond acceptors (Lipinski definition) is 3. The van der Waals surface area contributed by atoms with Crippen LogP contribution < -0.4 is 10.2 Å². The number of Topliss-reactive ketones (excluding diaryl/α,β-unsaturated/α-hetero) is 1. The number of piperazine rings is 1. The van der Waals surface area contributed by atoms with Gasteiger partial charge in [0.2, 0.25) is 0 Å². The van der Waals surface area contributed by atoms with Gasteiger partial charge in [0, 0.05) is 49.2 Å². The van der Waals surface area contributed by atoms with Crippen molar-refractivity contribution in [3.63, 3.8) is 0 Å². The second-order valence-electron chi connectivity index (χ2n) is 6.14. The maximum Gasteiger partial charge on any atom is 0.321 e. The largest absolute Gasteiger partial charge is 0.368 e. The Hall–Kier alpha value is -2.96. The zero-order valence-electron chi connectivity index (χ0n) is 14.3. The molecule has 3 rings (SSSR count). The third kappa shape index (κ3) is 3.99. The monoisotopic (exact) mass is 359 g/mol. The van der Waals surface area contributed by atoms with E-state index in [-0.39, 0.29) is 17.5 Å². The lowest BCUT2D eigenvalue weighted by atomic mass is 10.1. The van der Waals surface area contributed by atoms with E-state index in [9.17, 15) is 18.4 Å². The van der Waals surface area contributed by atoms with Gasteiger partial charge in [0.15, 0.2) is 17.4 Å². The van der Waals surface area contributed by atoms with Crippen molar-refractivity contribution in [2.24, 2.45) is 0 Å². The van der Waals surface area contributed by atoms with Crippen LogP contribution in [0.1, 0.15) is 17.3 Å². The van der Waals surface area contributed by atoms with E-state index >= 15 is 0 Å². The molecule has 1 heterocycles. The molecule has 26 heavy (non-hydrogen) atoms. The van der Waals surface area contributed by atoms with Gasteiger partial charge >= 0.3 is 6.03 Å². The molecule has 136 valence electrons. The van der Waals surface area contributed by atoms with Crippen molar-refractivity contribution >= 4 is 23.2 Å². The van der Waals surface area contributed by atoms with E-state index in [0.717, 1.165) is 17.8 Å². The topological polar surface area (TPSA) is 52.7 Å². The fraction of sp³-hybridized carbons (Fsp3) is 0.263. The van der Waals surface area contributed by atoms with Gasteiger partial charge in [0.25, 0.3) is 0 Å². The van der Waals surface area contributed by atoms with Crippen LogP contribution in [0.15, 0.2) is 42.5 Å². The standard InChI is InChI=1S/C19H19F2N3O2/c1-13(25)14-2-5-16(6-3-14)23-8-10-24(11-9-23)19(26)22-15-4-7-17(20)18(21)12-15/h2-7,12H,8-11H2,1H3,(H,22,26). The van der Waals surface area contributed by atoms with E-state index in [1.165, 1.54) is 13.0 Å². The van der Waals surface area contributed by atoms with Crippen molar-refractivity contribution in [3.05, 3.63) is 59.7 Å². The fourth-order valence-corrected chi connectivity index (χ4v) is 2.85. The van der Waals surface area contributed by atoms with Crippen LogP contribution in [0.4, 0.5) is 25.0 Å². The number of carbonyl (C=O) groups is 2. The summed E-state index contributed by atoms with van der Waals surface area (Å²) >= 11 is 0. The minimum atomic E-state index is -0.998. The number of nitrogens with zero attached hydrogens (tertiary/aromatic N) is 2. The summed E-state index contributed by atoms with van der Waals surface area (Å²) in [5.41, 5.74) is 1.88. The molecule has 0 unspecified atom stereocenters. The van der Waals surface area contributed by atoms with Crippen LogP contribution in [0, 0.1) is 11.6 Å². The summed E-state index contributed by atoms with van der Waals surface area (Å²) in [6.45, 7) is 3.82. The van der Waals surface area contributed by atoms with Gasteiger partial charge in [0.05, 0.1) is 0 Å². The lowest BCUT2D eigenvalue weighted by Gasteiger charge is -2.36. The smallest absolute Gasteiger partial charge is 0.321 e. The predicted molar refractivity (Wildman–Crippen MR) is 95.6 cm³/mol. The van der Waals surface area contributed by atoms with Crippen molar-refractivity contribution in [1.82, 2.24) is 4.90 Å². The lowest BCUT2D eigenvalue weighted by molar-refractivity contribution is 0.101. The number of rotatable bonds is 3. The van der Waals surface area contributed by atoms with Crippen LogP contribution in [0.3, 0.4) is 0 Å². The Morgan fingerprint density at radius 2 is 1.58 bits per heavy atom. The number of urea groups is 1. The molecule has 1 N–H and O–H groups in total. The summed E-state index contributed by atoms with van der Waals surface area (Å²) in [5.74, 6) is -1.93. The first-order valence-electron chi connectivity index (χ1n) is 8.31. The number of hydrogen-bond donors (Lipinski definition) is 1. The average Bonchev–Trinajstić information content (AvgIpc) is 2.65. The number of anilines is 2. The molecule has 0 bridgehead atoms. The second kappa shape index (κ2) is 7.51. The molecular weight excluding hydrogens is 340 g/mol. The second-order valence-corrected chi connectivity index (χ2v) is 6.14. The Bertz CT molecular complexity index is 816. The maximum absolute atomic E-state index is 13.2. The molecule has 2 aromatic rings. The van der Waals surface area contributed by atoms with Gasteiger partial charge in [-0.15, -0.1) is 0 Å². The number of halogens is 2. The van der Waals surface area contributed by atoms with E-state index in [1.807, 2.05) is 12.1 Å². The minimum Gasteiger partial charge on any atom is -0.368 e. The molecule has 1 saturated heterocycles. The summed E-state index contributed by atoms with van der Waals surface area (Å²) in [5, 5.41) is 2.58. The summed E-state index contributed by atoms with van der Waals surface area (Å²) in [6, 6.07) is 10.3. The quantitative estimate of drug-likeness (QED) is 0.853. The third-order valence-electron chi connectivity index (χ3n) is 4.38. The van der Waals surface area contributed by atoms with Gasteiger partial charge in [0.1, 0.15) is 0 Å². The zero-order chi connectivity index (χ0) is 18.7. The molecule has 5 nitrogen and oxygen atoms in total. The van der Waals surface area contributed by atoms with Gasteiger partial charge < -0.3 is 15.1 Å². The van der Waals surface area contributed by atoms with Crippen LogP contribution in [0.2, 0.25) is 0 Å². The van der Waals surface area contributed by atoms with E-state index in [2.05, 4.69) is 10.2 Å². The molecule has 0 aliphatic carbocycles. The number of amides is 2. The highest BCUT2D eigenvalue weighted by Crippen LogP contribution is 2.19. The Morgan fingerprint density at radius 1 is 0.923 bits per heavy atom. The molecule has 0 atom stereocenters. The molecule has 0 aromatic heterocycles. The molecule has 0 radical (unpaired) electrons. The van der Waals surface area contributed by atoms with Gasteiger partial charge in [-0.3, -0.25) is 4.79 Å². The Balaban J connectivity index is 1.56. The third-order valence-corrected chi connectivity index (χ3v) is 4.38. The van der Waals surface area contributed by atoms with Crippen molar-refractivity contribution in [3.8, 4) is 0 Å². The highest BCUT2D eigenvalue weighted by Gasteiger charge is 2.21. The van der Waals surface area contributed by atoms with E-state index in [1.54, 1.807) is 17.0 Å². The minimum absolute atomic E-state index is 0.0234. The summed E-state index contributed by atoms with van der Waals surface area (Å²) in [6.07, 6.45) is 0. The van der Waals surface area contributed by atoms with Gasteiger partial charge in [-0.05, 0) is 43.3 Å². The molecule has 0 spiro atoms. The highest BCUT2D eigenvalue weighted by atomic mass is 19.2. The molecule has 7 heteroatoms. The zero-order valence-corrected chi connectivity index (χ0v) is 14.3. The van der Waals surface area contributed by atoms with Gasteiger partial charge in [-0.25, -0.2) is 13.6 Å². The summed E-state index contributed by atoms with van der Waals surface area (Å²) in [4.78, 5) is 27.4. The molecule has 2 amide bonds. The predicted octanol–water partition coefficient (Wildman–Crippen LogP) is 3.52. The van der Waals surface area contributed by atoms with Crippen molar-refractivity contribution in [2.45, 2.75) is 6.92 Å². The normalized spacial score (nSPS) is 14.3. The highest BCUT2D eigenvalue weighted by molar-refractivity contribution is 5.94. The molecule has 0 saturated carbocycles. The van der Waals surface area contributed by atoms with Crippen LogP contribution >= 0.6 is 0 Å². The fourth-order valence-electron chi connectivity index (χ4n) is 2.85. The summed E-state index contributed by atoms with van der Waals surface area (Å²) in [7, 11) is 0. The van der Waals surface area contributed by atoms with E-state index < -0.39 is 11.6 Å². The first-order valence-corrected chi connectivity index (χ1v) is 8.31. The first-order chi connectivity index (χ1) is 12.4. The number of benzene rings is 2. The lowest BCUT2D eigenvalue weighted by Crippen LogP contribution is -2.50. The van der Waals surface area contributed by atoms with E-state index in [4.69, 9.17) is 0 Å². The first kappa shape index (κ1) is 17.8. The molecule has 1 aliphatic heterocycles. The number of carbonyl (C=O) groups excluding carboxylic acids is 2. The Morgan fingerprint density at radius 3 is 2.15 bits per heavy atom. The molecule has 1 aliphatic rings. The van der Waals surface area contributed by atoms with Crippen LogP contribution in [0.5, 0.6) is 0 Å². The van der Waals surface area contributed by atoms with Crippen LogP contribution in [-0.4, -0.2) is 42.9 Å². The molecule has 1 fully saturated rings. The van der Waals surface area contributed by atoms with E-state index in [0.29, 0.717) is 31.7 Å². The Labute approximate surface area is 150 Å². The van der Waals surface area contributed by atoms with Crippen molar-refractivity contribution in [1.29, 1.82) is 0 Å². The average molecular weight is 359 g/mol. The van der Waals surface area contributed by atoms with Crippen molar-refractivity contribution < 1.29 is 18.4 Å². The van der Waals surface area contributed by atoms with Gasteiger partial charge in [-0.1, -0.05) is 0 Å².